The van der Waals surface area contributed by atoms with Crippen LogP contribution in [0, 0.1) is 5.82 Å². The summed E-state index contributed by atoms with van der Waals surface area (Å²) in [6.45, 7) is 4.25. The Balaban J connectivity index is 1.35. The van der Waals surface area contributed by atoms with E-state index in [1.807, 2.05) is 18.2 Å². The molecule has 1 fully saturated rings. The Kier molecular flexibility index (Phi) is 4.86. The summed E-state index contributed by atoms with van der Waals surface area (Å²) in [7, 11) is 0. The van der Waals surface area contributed by atoms with Gasteiger partial charge in [0.15, 0.2) is 0 Å². The van der Waals surface area contributed by atoms with Crippen LogP contribution in [0.2, 0.25) is 5.02 Å². The average molecular weight is 373 g/mol. The summed E-state index contributed by atoms with van der Waals surface area (Å²) < 4.78 is 18.4. The molecule has 7 heteroatoms. The number of benzene rings is 2. The van der Waals surface area contributed by atoms with E-state index in [0.29, 0.717) is 18.3 Å². The number of aromatic nitrogens is 2. The fraction of sp³-hybridized carbons (Fsp3) is 0.263. The summed E-state index contributed by atoms with van der Waals surface area (Å²) in [5.74, 6) is 0.771. The van der Waals surface area contributed by atoms with E-state index in [4.69, 9.17) is 16.1 Å². The third-order valence-corrected chi connectivity index (χ3v) is 4.71. The van der Waals surface area contributed by atoms with Gasteiger partial charge in [-0.3, -0.25) is 4.90 Å². The standard InChI is InChI=1S/C19H18ClFN4O/c20-15-2-1-3-17(12-15)25-10-8-24(9-11-25)13-18-22-19(23-26-18)14-4-6-16(21)7-5-14/h1-7,12H,8-11,13H2. The summed E-state index contributed by atoms with van der Waals surface area (Å²) in [6, 6.07) is 14.0. The van der Waals surface area contributed by atoms with Crippen molar-refractivity contribution in [2.24, 2.45) is 0 Å². The maximum atomic E-state index is 13.0. The van der Waals surface area contributed by atoms with Crippen molar-refractivity contribution >= 4 is 17.3 Å². The highest BCUT2D eigenvalue weighted by Gasteiger charge is 2.20. The number of anilines is 1. The van der Waals surface area contributed by atoms with Crippen molar-refractivity contribution in [3.8, 4) is 11.4 Å². The number of hydrogen-bond donors (Lipinski definition) is 0. The van der Waals surface area contributed by atoms with E-state index in [0.717, 1.165) is 42.5 Å². The van der Waals surface area contributed by atoms with Gasteiger partial charge < -0.3 is 9.42 Å². The molecule has 5 nitrogen and oxygen atoms in total. The van der Waals surface area contributed by atoms with E-state index in [2.05, 4.69) is 26.0 Å². The Morgan fingerprint density at radius 1 is 1.04 bits per heavy atom. The highest BCUT2D eigenvalue weighted by Crippen LogP contribution is 2.22. The van der Waals surface area contributed by atoms with E-state index < -0.39 is 0 Å². The molecule has 2 aromatic carbocycles. The fourth-order valence-corrected chi connectivity index (χ4v) is 3.25. The zero-order valence-corrected chi connectivity index (χ0v) is 14.9. The number of hydrogen-bond acceptors (Lipinski definition) is 5. The van der Waals surface area contributed by atoms with Crippen LogP contribution in [0.25, 0.3) is 11.4 Å². The summed E-state index contributed by atoms with van der Waals surface area (Å²) >= 11 is 6.08. The van der Waals surface area contributed by atoms with Crippen LogP contribution in [0.5, 0.6) is 0 Å². The van der Waals surface area contributed by atoms with E-state index in [9.17, 15) is 4.39 Å². The molecule has 1 aliphatic heterocycles. The number of rotatable bonds is 4. The molecule has 0 unspecified atom stereocenters. The summed E-state index contributed by atoms with van der Waals surface area (Å²) in [4.78, 5) is 9.02. The molecule has 2 heterocycles. The highest BCUT2D eigenvalue weighted by atomic mass is 35.5. The van der Waals surface area contributed by atoms with Crippen molar-refractivity contribution in [1.82, 2.24) is 15.0 Å². The van der Waals surface area contributed by atoms with Crippen LogP contribution in [-0.2, 0) is 6.54 Å². The van der Waals surface area contributed by atoms with Gasteiger partial charge in [-0.25, -0.2) is 4.39 Å². The quantitative estimate of drug-likeness (QED) is 0.696. The van der Waals surface area contributed by atoms with Crippen LogP contribution >= 0.6 is 11.6 Å². The largest absolute Gasteiger partial charge is 0.369 e. The smallest absolute Gasteiger partial charge is 0.241 e. The van der Waals surface area contributed by atoms with Crippen molar-refractivity contribution in [2.75, 3.05) is 31.1 Å². The number of nitrogens with zero attached hydrogens (tertiary/aromatic N) is 4. The molecule has 0 radical (unpaired) electrons. The first-order valence-electron chi connectivity index (χ1n) is 8.49. The van der Waals surface area contributed by atoms with Gasteiger partial charge in [-0.15, -0.1) is 0 Å². The first-order chi connectivity index (χ1) is 12.7. The maximum Gasteiger partial charge on any atom is 0.241 e. The predicted octanol–water partition coefficient (Wildman–Crippen LogP) is 3.85. The Bertz CT molecular complexity index is 875. The molecular formula is C19H18ClFN4O. The average Bonchev–Trinajstić information content (AvgIpc) is 3.11. The van der Waals surface area contributed by atoms with Gasteiger partial charge in [0, 0.05) is 42.5 Å². The molecule has 0 N–H and O–H groups in total. The summed E-state index contributed by atoms with van der Waals surface area (Å²) in [6.07, 6.45) is 0. The minimum atomic E-state index is -0.282. The second kappa shape index (κ2) is 7.43. The van der Waals surface area contributed by atoms with Crippen molar-refractivity contribution in [3.63, 3.8) is 0 Å². The third-order valence-electron chi connectivity index (χ3n) is 4.48. The van der Waals surface area contributed by atoms with Crippen LogP contribution in [-0.4, -0.2) is 41.2 Å². The molecule has 0 atom stereocenters. The molecule has 1 saturated heterocycles. The van der Waals surface area contributed by atoms with Crippen LogP contribution < -0.4 is 4.90 Å². The van der Waals surface area contributed by atoms with Gasteiger partial charge in [-0.2, -0.15) is 4.98 Å². The van der Waals surface area contributed by atoms with Crippen LogP contribution in [0.4, 0.5) is 10.1 Å². The van der Waals surface area contributed by atoms with Gasteiger partial charge in [0.2, 0.25) is 11.7 Å². The lowest BCUT2D eigenvalue weighted by Crippen LogP contribution is -2.46. The molecule has 0 aliphatic carbocycles. The van der Waals surface area contributed by atoms with Gasteiger partial charge in [0.1, 0.15) is 5.82 Å². The van der Waals surface area contributed by atoms with Crippen LogP contribution in [0.1, 0.15) is 5.89 Å². The molecule has 0 bridgehead atoms. The van der Waals surface area contributed by atoms with Crippen molar-refractivity contribution in [3.05, 3.63) is 65.3 Å². The SMILES string of the molecule is Fc1ccc(-c2noc(CN3CCN(c4cccc(Cl)c4)CC3)n2)cc1. The van der Waals surface area contributed by atoms with Crippen molar-refractivity contribution in [1.29, 1.82) is 0 Å². The second-order valence-corrected chi connectivity index (χ2v) is 6.70. The van der Waals surface area contributed by atoms with Crippen molar-refractivity contribution in [2.45, 2.75) is 6.54 Å². The first-order valence-corrected chi connectivity index (χ1v) is 8.86. The molecule has 3 aromatic rings. The molecule has 134 valence electrons. The van der Waals surface area contributed by atoms with Crippen LogP contribution in [0.15, 0.2) is 53.1 Å². The van der Waals surface area contributed by atoms with Crippen LogP contribution in [0.3, 0.4) is 0 Å². The molecule has 1 aliphatic rings. The highest BCUT2D eigenvalue weighted by molar-refractivity contribution is 6.30. The minimum Gasteiger partial charge on any atom is -0.369 e. The van der Waals surface area contributed by atoms with Crippen molar-refractivity contribution < 1.29 is 8.91 Å². The van der Waals surface area contributed by atoms with E-state index in [1.54, 1.807) is 12.1 Å². The molecular weight excluding hydrogens is 355 g/mol. The summed E-state index contributed by atoms with van der Waals surface area (Å²) in [5, 5.41) is 4.75. The molecule has 26 heavy (non-hydrogen) atoms. The van der Waals surface area contributed by atoms with Gasteiger partial charge in [0.25, 0.3) is 0 Å². The lowest BCUT2D eigenvalue weighted by Gasteiger charge is -2.35. The Hall–Kier alpha value is -2.44. The zero-order valence-electron chi connectivity index (χ0n) is 14.1. The molecule has 1 aromatic heterocycles. The fourth-order valence-electron chi connectivity index (χ4n) is 3.06. The number of piperazine rings is 1. The predicted molar refractivity (Wildman–Crippen MR) is 98.6 cm³/mol. The molecule has 0 spiro atoms. The van der Waals surface area contributed by atoms with Gasteiger partial charge >= 0.3 is 0 Å². The second-order valence-electron chi connectivity index (χ2n) is 6.26. The minimum absolute atomic E-state index is 0.282. The lowest BCUT2D eigenvalue weighted by molar-refractivity contribution is 0.215. The monoisotopic (exact) mass is 372 g/mol. The molecule has 0 saturated carbocycles. The maximum absolute atomic E-state index is 13.0. The zero-order chi connectivity index (χ0) is 17.9. The van der Waals surface area contributed by atoms with Gasteiger partial charge in [-0.1, -0.05) is 22.8 Å². The molecule has 0 amide bonds. The van der Waals surface area contributed by atoms with E-state index in [-0.39, 0.29) is 5.82 Å². The Labute approximate surface area is 156 Å². The first kappa shape index (κ1) is 17.0. The Morgan fingerprint density at radius 2 is 1.81 bits per heavy atom. The summed E-state index contributed by atoms with van der Waals surface area (Å²) in [5.41, 5.74) is 1.89. The number of halogens is 2. The van der Waals surface area contributed by atoms with Gasteiger partial charge in [0.05, 0.1) is 6.54 Å². The Morgan fingerprint density at radius 3 is 2.54 bits per heavy atom. The van der Waals surface area contributed by atoms with E-state index >= 15 is 0 Å². The van der Waals surface area contributed by atoms with E-state index in [1.165, 1.54) is 12.1 Å². The lowest BCUT2D eigenvalue weighted by atomic mass is 10.2. The molecule has 4 rings (SSSR count). The third kappa shape index (κ3) is 3.86. The normalized spacial score (nSPS) is 15.4. The van der Waals surface area contributed by atoms with Gasteiger partial charge in [-0.05, 0) is 42.5 Å². The topological polar surface area (TPSA) is 45.4 Å².